The van der Waals surface area contributed by atoms with Crippen LogP contribution in [0, 0.1) is 0 Å². The van der Waals surface area contributed by atoms with Crippen LogP contribution in [0.15, 0.2) is 54.7 Å². The maximum absolute atomic E-state index is 12.8. The van der Waals surface area contributed by atoms with Crippen LogP contribution < -0.4 is 4.74 Å². The van der Waals surface area contributed by atoms with E-state index < -0.39 is 0 Å². The lowest BCUT2D eigenvalue weighted by Crippen LogP contribution is -2.56. The van der Waals surface area contributed by atoms with E-state index in [0.717, 1.165) is 28.6 Å². The van der Waals surface area contributed by atoms with E-state index in [2.05, 4.69) is 13.0 Å². The van der Waals surface area contributed by atoms with Gasteiger partial charge in [0.2, 0.25) is 0 Å². The molecule has 0 atom stereocenters. The van der Waals surface area contributed by atoms with Crippen molar-refractivity contribution in [2.45, 2.75) is 19.4 Å². The fourth-order valence-electron chi connectivity index (χ4n) is 3.43. The van der Waals surface area contributed by atoms with Crippen LogP contribution in [-0.4, -0.2) is 34.6 Å². The molecule has 1 amide bonds. The number of ether oxygens (including phenoxy) is 1. The van der Waals surface area contributed by atoms with E-state index in [9.17, 15) is 4.79 Å². The smallest absolute Gasteiger partial charge is 0.254 e. The van der Waals surface area contributed by atoms with E-state index >= 15 is 0 Å². The van der Waals surface area contributed by atoms with Crippen LogP contribution in [0.25, 0.3) is 10.9 Å². The molecule has 0 unspecified atom stereocenters. The number of hydrogen-bond donors (Lipinski definition) is 0. The van der Waals surface area contributed by atoms with Crippen molar-refractivity contribution in [2.24, 2.45) is 7.05 Å². The summed E-state index contributed by atoms with van der Waals surface area (Å²) >= 11 is 0. The molecule has 3 aromatic rings. The van der Waals surface area contributed by atoms with Gasteiger partial charge in [0, 0.05) is 29.7 Å². The Hall–Kier alpha value is -2.75. The second-order valence-electron chi connectivity index (χ2n) is 6.58. The first-order valence-electron chi connectivity index (χ1n) is 8.75. The summed E-state index contributed by atoms with van der Waals surface area (Å²) in [5.41, 5.74) is 3.06. The van der Waals surface area contributed by atoms with Crippen LogP contribution in [0.5, 0.6) is 5.75 Å². The number of benzene rings is 2. The third kappa shape index (κ3) is 2.78. The number of hydrogen-bond acceptors (Lipinski definition) is 2. The Bertz CT molecular complexity index is 923. The minimum absolute atomic E-state index is 0.0756. The number of carbonyl (C=O) groups excluding carboxylic acids is 1. The number of likely N-dealkylation sites (tertiary alicyclic amines) is 1. The molecule has 0 aliphatic carbocycles. The third-order valence-corrected chi connectivity index (χ3v) is 4.94. The van der Waals surface area contributed by atoms with E-state index in [1.54, 1.807) is 0 Å². The summed E-state index contributed by atoms with van der Waals surface area (Å²) in [6.45, 7) is 3.40. The molecule has 0 bridgehead atoms. The van der Waals surface area contributed by atoms with Gasteiger partial charge >= 0.3 is 0 Å². The number of aromatic nitrogens is 1. The standard InChI is InChI=1S/C21H22N2O2/c1-3-15-7-4-5-10-20(15)25-16-13-23(14-16)21(24)18-8-6-9-19-17(18)11-12-22(19)2/h4-12,16H,3,13-14H2,1-2H3. The Balaban J connectivity index is 1.46. The molecule has 4 rings (SSSR count). The van der Waals surface area contributed by atoms with E-state index in [4.69, 9.17) is 4.74 Å². The Morgan fingerprint density at radius 1 is 1.12 bits per heavy atom. The van der Waals surface area contributed by atoms with Gasteiger partial charge < -0.3 is 14.2 Å². The maximum atomic E-state index is 12.8. The topological polar surface area (TPSA) is 34.5 Å². The van der Waals surface area contributed by atoms with Crippen molar-refractivity contribution >= 4 is 16.8 Å². The molecule has 0 N–H and O–H groups in total. The first-order valence-corrected chi connectivity index (χ1v) is 8.75. The van der Waals surface area contributed by atoms with Gasteiger partial charge in [-0.05, 0) is 36.2 Å². The van der Waals surface area contributed by atoms with Crippen molar-refractivity contribution in [3.8, 4) is 5.75 Å². The van der Waals surface area contributed by atoms with Crippen LogP contribution in [-0.2, 0) is 13.5 Å². The second-order valence-corrected chi connectivity index (χ2v) is 6.58. The molecule has 1 aromatic heterocycles. The van der Waals surface area contributed by atoms with Gasteiger partial charge in [0.05, 0.1) is 13.1 Å². The van der Waals surface area contributed by atoms with Gasteiger partial charge in [-0.15, -0.1) is 0 Å². The number of para-hydroxylation sites is 1. The zero-order valence-electron chi connectivity index (χ0n) is 14.6. The van der Waals surface area contributed by atoms with Crippen molar-refractivity contribution in [3.63, 3.8) is 0 Å². The van der Waals surface area contributed by atoms with Crippen molar-refractivity contribution in [3.05, 3.63) is 65.9 Å². The van der Waals surface area contributed by atoms with E-state index in [-0.39, 0.29) is 12.0 Å². The van der Waals surface area contributed by atoms with Crippen molar-refractivity contribution in [2.75, 3.05) is 13.1 Å². The Labute approximate surface area is 147 Å². The highest BCUT2D eigenvalue weighted by Crippen LogP contribution is 2.26. The molecule has 0 saturated carbocycles. The van der Waals surface area contributed by atoms with E-state index in [0.29, 0.717) is 13.1 Å². The fraction of sp³-hybridized carbons (Fsp3) is 0.286. The lowest BCUT2D eigenvalue weighted by atomic mass is 10.1. The number of nitrogens with zero attached hydrogens (tertiary/aromatic N) is 2. The van der Waals surface area contributed by atoms with Gasteiger partial charge in [-0.3, -0.25) is 4.79 Å². The number of amides is 1. The molecule has 1 aliphatic rings. The highest BCUT2D eigenvalue weighted by atomic mass is 16.5. The average molecular weight is 334 g/mol. The molecule has 0 spiro atoms. The summed E-state index contributed by atoms with van der Waals surface area (Å²) in [6, 6.07) is 16.0. The SMILES string of the molecule is CCc1ccccc1OC1CN(C(=O)c2cccc3c2ccn3C)C1. The van der Waals surface area contributed by atoms with Gasteiger partial charge in [-0.1, -0.05) is 31.2 Å². The molecule has 2 heterocycles. The van der Waals surface area contributed by atoms with Gasteiger partial charge in [0.1, 0.15) is 11.9 Å². The lowest BCUT2D eigenvalue weighted by molar-refractivity contribution is 0.0176. The molecule has 0 radical (unpaired) electrons. The molecule has 4 nitrogen and oxygen atoms in total. The third-order valence-electron chi connectivity index (χ3n) is 4.94. The largest absolute Gasteiger partial charge is 0.486 e. The second kappa shape index (κ2) is 6.28. The highest BCUT2D eigenvalue weighted by molar-refractivity contribution is 6.06. The molecular formula is C21H22N2O2. The number of rotatable bonds is 4. The van der Waals surface area contributed by atoms with Gasteiger partial charge in [0.25, 0.3) is 5.91 Å². The summed E-state index contributed by atoms with van der Waals surface area (Å²) in [4.78, 5) is 14.7. The maximum Gasteiger partial charge on any atom is 0.254 e. The Kier molecular flexibility index (Phi) is 3.96. The molecular weight excluding hydrogens is 312 g/mol. The lowest BCUT2D eigenvalue weighted by Gasteiger charge is -2.39. The molecule has 1 saturated heterocycles. The summed E-state index contributed by atoms with van der Waals surface area (Å²) in [5.74, 6) is 1.02. The predicted octanol–water partition coefficient (Wildman–Crippen LogP) is 3.64. The van der Waals surface area contributed by atoms with Crippen LogP contribution in [0.3, 0.4) is 0 Å². The normalized spacial score (nSPS) is 14.6. The van der Waals surface area contributed by atoms with Gasteiger partial charge in [-0.25, -0.2) is 0 Å². The molecule has 128 valence electrons. The highest BCUT2D eigenvalue weighted by Gasteiger charge is 2.33. The summed E-state index contributed by atoms with van der Waals surface area (Å²) < 4.78 is 8.12. The van der Waals surface area contributed by atoms with E-state index in [1.165, 1.54) is 5.56 Å². The first kappa shape index (κ1) is 15.8. The predicted molar refractivity (Wildman–Crippen MR) is 99.1 cm³/mol. The molecule has 2 aromatic carbocycles. The summed E-state index contributed by atoms with van der Waals surface area (Å²) in [6.07, 6.45) is 3.01. The van der Waals surface area contributed by atoms with Gasteiger partial charge in [-0.2, -0.15) is 0 Å². The minimum Gasteiger partial charge on any atom is -0.486 e. The summed E-state index contributed by atoms with van der Waals surface area (Å²) in [7, 11) is 2.00. The first-order chi connectivity index (χ1) is 12.2. The van der Waals surface area contributed by atoms with Crippen molar-refractivity contribution in [1.29, 1.82) is 0 Å². The van der Waals surface area contributed by atoms with Crippen LogP contribution in [0.1, 0.15) is 22.8 Å². The molecule has 1 aliphatic heterocycles. The quantitative estimate of drug-likeness (QED) is 0.730. The minimum atomic E-state index is 0.0756. The monoisotopic (exact) mass is 334 g/mol. The van der Waals surface area contributed by atoms with E-state index in [1.807, 2.05) is 65.2 Å². The van der Waals surface area contributed by atoms with Crippen LogP contribution in [0.4, 0.5) is 0 Å². The number of carbonyl (C=O) groups is 1. The average Bonchev–Trinajstić information content (AvgIpc) is 2.99. The van der Waals surface area contributed by atoms with Crippen molar-refractivity contribution in [1.82, 2.24) is 9.47 Å². The van der Waals surface area contributed by atoms with Gasteiger partial charge in [0.15, 0.2) is 0 Å². The molecule has 4 heteroatoms. The molecule has 1 fully saturated rings. The Morgan fingerprint density at radius 3 is 2.72 bits per heavy atom. The zero-order valence-corrected chi connectivity index (χ0v) is 14.6. The van der Waals surface area contributed by atoms with Crippen LogP contribution >= 0.6 is 0 Å². The fourth-order valence-corrected chi connectivity index (χ4v) is 3.43. The van der Waals surface area contributed by atoms with Crippen LogP contribution in [0.2, 0.25) is 0 Å². The zero-order chi connectivity index (χ0) is 17.4. The molecule has 25 heavy (non-hydrogen) atoms. The number of aryl methyl sites for hydroxylation is 2. The summed E-state index contributed by atoms with van der Waals surface area (Å²) in [5, 5.41) is 1.01. The van der Waals surface area contributed by atoms with Crippen molar-refractivity contribution < 1.29 is 9.53 Å². The number of fused-ring (bicyclic) bond motifs is 1. The Morgan fingerprint density at radius 2 is 1.92 bits per heavy atom.